The van der Waals surface area contributed by atoms with E-state index in [0.717, 1.165) is 25.7 Å². The number of hydrogen-bond donors (Lipinski definition) is 0. The molecule has 38 heavy (non-hydrogen) atoms. The summed E-state index contributed by atoms with van der Waals surface area (Å²) in [4.78, 5) is 20.4. The van der Waals surface area contributed by atoms with Crippen molar-refractivity contribution in [1.82, 2.24) is 0 Å². The van der Waals surface area contributed by atoms with E-state index in [0.29, 0.717) is 0 Å². The van der Waals surface area contributed by atoms with Gasteiger partial charge in [-0.1, -0.05) is 168 Å². The molecule has 0 fully saturated rings. The monoisotopic (exact) mass is 556 g/mol. The second-order valence-electron chi connectivity index (χ2n) is 10.7. The van der Waals surface area contributed by atoms with Crippen LogP contribution in [0, 0.1) is 0 Å². The molecule has 0 aromatic heterocycles. The quantitative estimate of drug-likeness (QED) is 0.110. The normalized spacial score (nSPS) is 10.2. The van der Waals surface area contributed by atoms with E-state index >= 15 is 0 Å². The molecule has 0 spiro atoms. The largest absolute Gasteiger partial charge is 1.00 e. The summed E-state index contributed by atoms with van der Waals surface area (Å²) in [6.07, 6.45) is 33.9. The molecule has 0 rings (SSSR count). The maximum absolute atomic E-state index is 10.2. The first kappa shape index (κ1) is 45.9. The molecule has 0 radical (unpaired) electrons. The van der Waals surface area contributed by atoms with Gasteiger partial charge in [-0.15, -0.1) is 0 Å². The Morgan fingerprint density at radius 2 is 0.500 bits per heavy atom. The van der Waals surface area contributed by atoms with Gasteiger partial charge >= 0.3 is 59.1 Å². The molecule has 0 aliphatic heterocycles. The maximum atomic E-state index is 10.2. The van der Waals surface area contributed by atoms with Gasteiger partial charge < -0.3 is 19.8 Å². The van der Waals surface area contributed by atoms with Crippen molar-refractivity contribution < 1.29 is 78.9 Å². The van der Waals surface area contributed by atoms with E-state index in [1.54, 1.807) is 0 Å². The zero-order chi connectivity index (χ0) is 27.0. The third kappa shape index (κ3) is 49.8. The molecule has 0 aliphatic carbocycles. The molecule has 4 nitrogen and oxygen atoms in total. The van der Waals surface area contributed by atoms with Gasteiger partial charge in [-0.05, 0) is 25.7 Å². The second kappa shape index (κ2) is 42.4. The number of aliphatic carboxylic acids is 2. The molecule has 0 saturated heterocycles. The minimum atomic E-state index is -0.907. The van der Waals surface area contributed by atoms with Gasteiger partial charge in [0.1, 0.15) is 0 Å². The van der Waals surface area contributed by atoms with E-state index in [9.17, 15) is 19.8 Å². The van der Waals surface area contributed by atoms with E-state index < -0.39 is 11.9 Å². The fourth-order valence-electron chi connectivity index (χ4n) is 4.57. The number of unbranched alkanes of at least 4 members (excludes halogenated alkanes) is 24. The van der Waals surface area contributed by atoms with Crippen LogP contribution in [0.2, 0.25) is 0 Å². The van der Waals surface area contributed by atoms with Gasteiger partial charge in [0.15, 0.2) is 0 Å². The van der Waals surface area contributed by atoms with Gasteiger partial charge in [-0.3, -0.25) is 0 Å². The van der Waals surface area contributed by atoms with Crippen LogP contribution in [0.5, 0.6) is 0 Å². The molecule has 0 unspecified atom stereocenters. The summed E-state index contributed by atoms with van der Waals surface area (Å²) in [5.74, 6) is -1.81. The Balaban J connectivity index is -0.000000295. The topological polar surface area (TPSA) is 80.3 Å². The Morgan fingerprint density at radius 1 is 0.342 bits per heavy atom. The third-order valence-electron chi connectivity index (χ3n) is 6.97. The molecule has 0 N–H and O–H groups in total. The van der Waals surface area contributed by atoms with Crippen LogP contribution in [0.1, 0.15) is 194 Å². The molecule has 0 amide bonds. The number of carboxylic acid groups (broad SMARTS) is 2. The second-order valence-corrected chi connectivity index (χ2v) is 10.7. The third-order valence-corrected chi connectivity index (χ3v) is 6.97. The van der Waals surface area contributed by atoms with Crippen molar-refractivity contribution in [3.63, 3.8) is 0 Å². The summed E-state index contributed by atoms with van der Waals surface area (Å²) >= 11 is 0. The van der Waals surface area contributed by atoms with Crippen LogP contribution in [-0.2, 0) is 9.59 Å². The first-order valence-electron chi connectivity index (χ1n) is 15.9. The van der Waals surface area contributed by atoms with Gasteiger partial charge in [-0.2, -0.15) is 0 Å². The molecule has 0 saturated carbocycles. The number of carboxylic acids is 2. The summed E-state index contributed by atoms with van der Waals surface area (Å²) in [7, 11) is 0. The summed E-state index contributed by atoms with van der Waals surface area (Å²) < 4.78 is 0. The number of rotatable bonds is 28. The Morgan fingerprint density at radius 3 is 0.658 bits per heavy atom. The van der Waals surface area contributed by atoms with Gasteiger partial charge in [0.25, 0.3) is 0 Å². The Kier molecular flexibility index (Phi) is 51.2. The van der Waals surface area contributed by atoms with Crippen molar-refractivity contribution in [3.8, 4) is 0 Å². The van der Waals surface area contributed by atoms with Crippen molar-refractivity contribution in [1.29, 1.82) is 0 Å². The van der Waals surface area contributed by atoms with E-state index in [1.807, 2.05) is 0 Å². The fourth-order valence-corrected chi connectivity index (χ4v) is 4.57. The van der Waals surface area contributed by atoms with Crippen LogP contribution >= 0.6 is 0 Å². The number of carbonyl (C=O) groups excluding carboxylic acids is 2. The van der Waals surface area contributed by atoms with Crippen molar-refractivity contribution in [2.75, 3.05) is 0 Å². The van der Waals surface area contributed by atoms with Gasteiger partial charge in [-0.25, -0.2) is 0 Å². The van der Waals surface area contributed by atoms with E-state index in [1.165, 1.54) is 141 Å². The van der Waals surface area contributed by atoms with Crippen LogP contribution in [0.25, 0.3) is 0 Å². The molecular formula is C32H62Na2O4. The molecule has 0 bridgehead atoms. The molecule has 6 heteroatoms. The zero-order valence-electron chi connectivity index (χ0n) is 26.4. The molecule has 0 aliphatic rings. The summed E-state index contributed by atoms with van der Waals surface area (Å²) in [6.45, 7) is 4.51. The van der Waals surface area contributed by atoms with Crippen LogP contribution < -0.4 is 69.3 Å². The SMILES string of the molecule is CCCCCCCCCCCCCC(=O)[O-].CCCCCCCCCCCCCCCCCC(=O)[O-].[Na+].[Na+]. The van der Waals surface area contributed by atoms with Crippen LogP contribution in [0.15, 0.2) is 0 Å². The average Bonchev–Trinajstić information content (AvgIpc) is 2.85. The summed E-state index contributed by atoms with van der Waals surface area (Å²) in [5, 5.41) is 20.4. The van der Waals surface area contributed by atoms with Gasteiger partial charge in [0.05, 0.1) is 0 Å². The number of carbonyl (C=O) groups is 2. The van der Waals surface area contributed by atoms with E-state index in [4.69, 9.17) is 0 Å². The first-order chi connectivity index (χ1) is 17.5. The van der Waals surface area contributed by atoms with Crippen LogP contribution in [-0.4, -0.2) is 11.9 Å². The predicted octanol–water partition coefficient (Wildman–Crippen LogP) is 2.44. The van der Waals surface area contributed by atoms with E-state index in [-0.39, 0.29) is 72.0 Å². The molecule has 216 valence electrons. The Labute approximate surface area is 282 Å². The molecule has 0 heterocycles. The van der Waals surface area contributed by atoms with Gasteiger partial charge in [0, 0.05) is 11.9 Å². The summed E-state index contributed by atoms with van der Waals surface area (Å²) in [5.41, 5.74) is 0. The molecule has 0 aromatic carbocycles. The van der Waals surface area contributed by atoms with E-state index in [2.05, 4.69) is 13.8 Å². The Hall–Kier alpha value is 0.940. The van der Waals surface area contributed by atoms with Crippen molar-refractivity contribution >= 4 is 11.9 Å². The maximum Gasteiger partial charge on any atom is 1.00 e. The smallest absolute Gasteiger partial charge is 0.550 e. The molecule has 0 atom stereocenters. The minimum Gasteiger partial charge on any atom is -0.550 e. The minimum absolute atomic E-state index is 0. The van der Waals surface area contributed by atoms with Gasteiger partial charge in [0.2, 0.25) is 0 Å². The fraction of sp³-hybridized carbons (Fsp3) is 0.938. The predicted molar refractivity (Wildman–Crippen MR) is 151 cm³/mol. The Bertz CT molecular complexity index is 447. The van der Waals surface area contributed by atoms with Crippen LogP contribution in [0.4, 0.5) is 0 Å². The average molecular weight is 557 g/mol. The zero-order valence-corrected chi connectivity index (χ0v) is 30.4. The van der Waals surface area contributed by atoms with Crippen molar-refractivity contribution in [2.24, 2.45) is 0 Å². The first-order valence-corrected chi connectivity index (χ1v) is 15.9. The number of hydrogen-bond acceptors (Lipinski definition) is 4. The van der Waals surface area contributed by atoms with Crippen molar-refractivity contribution in [3.05, 3.63) is 0 Å². The van der Waals surface area contributed by atoms with Crippen LogP contribution in [0.3, 0.4) is 0 Å². The summed E-state index contributed by atoms with van der Waals surface area (Å²) in [6, 6.07) is 0. The molecule has 0 aromatic rings. The standard InChI is InChI=1S/C18H36O2.C14H28O2.2Na/c1-2-3-4-5-6-7-8-9-10-11-12-13-14-15-16-17-18(19)20;1-2-3-4-5-6-7-8-9-10-11-12-13-14(15)16;;/h2-17H2,1H3,(H,19,20);2-13H2,1H3,(H,15,16);;/q;;2*+1/p-2. The van der Waals surface area contributed by atoms with Crippen molar-refractivity contribution in [2.45, 2.75) is 194 Å². The molecular weight excluding hydrogens is 494 g/mol.